The van der Waals surface area contributed by atoms with Gasteiger partial charge in [0.05, 0.1) is 33.0 Å². The van der Waals surface area contributed by atoms with Crippen LogP contribution >= 0.6 is 16.1 Å². The number of hydrogen-bond acceptors (Lipinski definition) is 2. The van der Waals surface area contributed by atoms with E-state index in [1.54, 1.807) is 0 Å². The number of carbonyl (C=O) groups excluding carboxylic acids is 2. The summed E-state index contributed by atoms with van der Waals surface area (Å²) in [7, 11) is 0. The van der Waals surface area contributed by atoms with Crippen molar-refractivity contribution in [3.8, 4) is 0 Å². The lowest BCUT2D eigenvalue weighted by Gasteiger charge is -2.31. The number of hydrogen-bond donors (Lipinski definition) is 1. The summed E-state index contributed by atoms with van der Waals surface area (Å²) in [4.78, 5) is 25.2. The standard InChI is InChI=1S/C24H12BrF11N2O2/c25-38(20(40)12-4-3-5-14(10-12)37-19(39)15-6-1-2-7-17(15)26)18-9-8-13(11-16(18)22(28,29)30)21(27,23(31,32)33)24(34,35)36/h1-11H,(H,37,39). The first-order valence-corrected chi connectivity index (χ1v) is 11.2. The van der Waals surface area contributed by atoms with Crippen molar-refractivity contribution < 1.29 is 57.9 Å². The Hall–Kier alpha value is -3.69. The fourth-order valence-electron chi connectivity index (χ4n) is 3.43. The monoisotopic (exact) mass is 648 g/mol. The van der Waals surface area contributed by atoms with Crippen LogP contribution in [-0.2, 0) is 11.8 Å². The Balaban J connectivity index is 2.00. The zero-order chi connectivity index (χ0) is 30.3. The highest BCUT2D eigenvalue weighted by atomic mass is 79.9. The van der Waals surface area contributed by atoms with Gasteiger partial charge in [-0.2, -0.15) is 39.5 Å². The molecule has 214 valence electrons. The number of nitrogens with zero attached hydrogens (tertiary/aromatic N) is 1. The third-order valence-electron chi connectivity index (χ3n) is 5.36. The molecule has 0 atom stereocenters. The van der Waals surface area contributed by atoms with E-state index in [1.165, 1.54) is 24.3 Å². The van der Waals surface area contributed by atoms with Crippen LogP contribution < -0.4 is 9.24 Å². The van der Waals surface area contributed by atoms with E-state index in [0.29, 0.717) is 0 Å². The van der Waals surface area contributed by atoms with E-state index in [4.69, 9.17) is 0 Å². The van der Waals surface area contributed by atoms with E-state index in [1.807, 2.05) is 0 Å². The Bertz CT molecular complexity index is 1420. The molecule has 0 fully saturated rings. The molecule has 3 aromatic rings. The average Bonchev–Trinajstić information content (AvgIpc) is 2.85. The molecule has 3 aromatic carbocycles. The number of anilines is 2. The van der Waals surface area contributed by atoms with Crippen molar-refractivity contribution in [3.63, 3.8) is 0 Å². The second-order valence-electron chi connectivity index (χ2n) is 7.98. The summed E-state index contributed by atoms with van der Waals surface area (Å²) in [5.41, 5.74) is -12.9. The number of halogens is 12. The summed E-state index contributed by atoms with van der Waals surface area (Å²) in [6.45, 7) is 0. The molecular formula is C24H12BrF11N2O2. The normalized spacial score (nSPS) is 12.7. The van der Waals surface area contributed by atoms with E-state index >= 15 is 0 Å². The molecule has 1 N–H and O–H groups in total. The van der Waals surface area contributed by atoms with E-state index in [2.05, 4.69) is 21.5 Å². The van der Waals surface area contributed by atoms with E-state index in [0.717, 1.165) is 24.3 Å². The van der Waals surface area contributed by atoms with Crippen LogP contribution in [0.2, 0.25) is 0 Å². The summed E-state index contributed by atoms with van der Waals surface area (Å²) < 4.78 is 148. The van der Waals surface area contributed by atoms with Crippen molar-refractivity contribution in [2.75, 3.05) is 9.24 Å². The molecule has 0 aromatic heterocycles. The van der Waals surface area contributed by atoms with Gasteiger partial charge in [-0.15, -0.1) is 0 Å². The highest BCUT2D eigenvalue weighted by molar-refractivity contribution is 9.10. The molecule has 0 bridgehead atoms. The van der Waals surface area contributed by atoms with Crippen molar-refractivity contribution in [2.45, 2.75) is 24.2 Å². The Morgan fingerprint density at radius 2 is 1.35 bits per heavy atom. The highest BCUT2D eigenvalue weighted by Gasteiger charge is 2.73. The first-order chi connectivity index (χ1) is 18.3. The summed E-state index contributed by atoms with van der Waals surface area (Å²) in [5, 5.41) is 2.26. The minimum absolute atomic E-state index is 0.0560. The quantitative estimate of drug-likeness (QED) is 0.223. The van der Waals surface area contributed by atoms with Crippen LogP contribution in [0.25, 0.3) is 0 Å². The second-order valence-corrected chi connectivity index (χ2v) is 8.69. The number of amides is 2. The van der Waals surface area contributed by atoms with Crippen molar-refractivity contribution >= 4 is 39.3 Å². The Morgan fingerprint density at radius 3 is 1.90 bits per heavy atom. The molecule has 16 heteroatoms. The van der Waals surface area contributed by atoms with E-state index < -0.39 is 70.3 Å². The van der Waals surface area contributed by atoms with Crippen molar-refractivity contribution in [1.82, 2.24) is 0 Å². The smallest absolute Gasteiger partial charge is 0.322 e. The molecule has 0 radical (unpaired) electrons. The van der Waals surface area contributed by atoms with Gasteiger partial charge in [-0.1, -0.05) is 24.3 Å². The van der Waals surface area contributed by atoms with Crippen LogP contribution in [0.15, 0.2) is 66.7 Å². The van der Waals surface area contributed by atoms with Gasteiger partial charge in [0.15, 0.2) is 0 Å². The van der Waals surface area contributed by atoms with E-state index in [-0.39, 0.29) is 27.3 Å². The van der Waals surface area contributed by atoms with Gasteiger partial charge in [0, 0.05) is 16.8 Å². The zero-order valence-corrected chi connectivity index (χ0v) is 20.7. The zero-order valence-electron chi connectivity index (χ0n) is 19.2. The molecule has 2 amide bonds. The van der Waals surface area contributed by atoms with Gasteiger partial charge in [0.2, 0.25) is 0 Å². The molecule has 0 aliphatic carbocycles. The molecule has 0 aliphatic heterocycles. The van der Waals surface area contributed by atoms with Crippen LogP contribution in [0.4, 0.5) is 59.7 Å². The number of alkyl halides is 10. The van der Waals surface area contributed by atoms with Crippen LogP contribution in [0.1, 0.15) is 31.8 Å². The second kappa shape index (κ2) is 10.7. The summed E-state index contributed by atoms with van der Waals surface area (Å²) in [6, 6.07) is 8.42. The number of benzene rings is 3. The largest absolute Gasteiger partial charge is 0.435 e. The fourth-order valence-corrected chi connectivity index (χ4v) is 3.95. The lowest BCUT2D eigenvalue weighted by molar-refractivity contribution is -0.348. The predicted molar refractivity (Wildman–Crippen MR) is 123 cm³/mol. The van der Waals surface area contributed by atoms with Gasteiger partial charge in [-0.05, 0) is 42.5 Å². The molecule has 0 saturated heterocycles. The third-order valence-corrected chi connectivity index (χ3v) is 6.06. The SMILES string of the molecule is O=C(Nc1cccc(C(=O)N(Br)c2ccc(C(F)(C(F)(F)F)C(F)(F)F)cc2C(F)(F)F)c1)c1ccccc1F. The number of rotatable bonds is 5. The van der Waals surface area contributed by atoms with Gasteiger partial charge >= 0.3 is 24.2 Å². The molecule has 3 rings (SSSR count). The van der Waals surface area contributed by atoms with Crippen LogP contribution in [0.5, 0.6) is 0 Å². The Kier molecular flexibility index (Phi) is 8.26. The summed E-state index contributed by atoms with van der Waals surface area (Å²) in [6.07, 6.45) is -19.0. The summed E-state index contributed by atoms with van der Waals surface area (Å²) >= 11 is 2.52. The lowest BCUT2D eigenvalue weighted by Crippen LogP contribution is -2.50. The van der Waals surface area contributed by atoms with Gasteiger partial charge in [-0.3, -0.25) is 9.59 Å². The topological polar surface area (TPSA) is 49.4 Å². The molecule has 0 spiro atoms. The van der Waals surface area contributed by atoms with Crippen LogP contribution in [0.3, 0.4) is 0 Å². The molecule has 0 aliphatic rings. The third kappa shape index (κ3) is 5.90. The first-order valence-electron chi connectivity index (χ1n) is 10.5. The lowest BCUT2D eigenvalue weighted by atomic mass is 9.92. The fraction of sp³-hybridized carbons (Fsp3) is 0.167. The predicted octanol–water partition coefficient (Wildman–Crippen LogP) is 8.34. The highest BCUT2D eigenvalue weighted by Crippen LogP contribution is 2.54. The van der Waals surface area contributed by atoms with Crippen molar-refractivity contribution in [1.29, 1.82) is 0 Å². The van der Waals surface area contributed by atoms with Crippen molar-refractivity contribution in [2.24, 2.45) is 0 Å². The van der Waals surface area contributed by atoms with Crippen LogP contribution in [-0.4, -0.2) is 24.2 Å². The molecule has 0 unspecified atom stereocenters. The van der Waals surface area contributed by atoms with Crippen molar-refractivity contribution in [3.05, 3.63) is 94.8 Å². The van der Waals surface area contributed by atoms with Gasteiger partial charge in [-0.25, -0.2) is 12.7 Å². The number of carbonyl (C=O) groups is 2. The summed E-state index contributed by atoms with van der Waals surface area (Å²) in [5.74, 6) is -3.15. The molecule has 4 nitrogen and oxygen atoms in total. The maximum absolute atomic E-state index is 14.4. The average molecular weight is 649 g/mol. The minimum Gasteiger partial charge on any atom is -0.322 e. The minimum atomic E-state index is -6.67. The first kappa shape index (κ1) is 30.8. The molecule has 0 heterocycles. The maximum atomic E-state index is 14.4. The van der Waals surface area contributed by atoms with Gasteiger partial charge in [0.1, 0.15) is 5.82 Å². The maximum Gasteiger partial charge on any atom is 0.435 e. The Labute approximate surface area is 225 Å². The molecule has 40 heavy (non-hydrogen) atoms. The molecule has 0 saturated carbocycles. The Morgan fingerprint density at radius 1 is 0.750 bits per heavy atom. The number of nitrogens with one attached hydrogen (secondary N) is 1. The van der Waals surface area contributed by atoms with Gasteiger partial charge in [0.25, 0.3) is 11.8 Å². The van der Waals surface area contributed by atoms with E-state index in [9.17, 15) is 57.9 Å². The van der Waals surface area contributed by atoms with Gasteiger partial charge < -0.3 is 5.32 Å². The van der Waals surface area contributed by atoms with Crippen LogP contribution in [0, 0.1) is 5.82 Å². The molecular weight excluding hydrogens is 637 g/mol.